The number of nitrogens with zero attached hydrogens (tertiary/aromatic N) is 5. The second-order valence-electron chi connectivity index (χ2n) is 6.70. The van der Waals surface area contributed by atoms with E-state index in [0.29, 0.717) is 44.8 Å². The van der Waals surface area contributed by atoms with Crippen molar-refractivity contribution in [3.63, 3.8) is 0 Å². The molecule has 0 unspecified atom stereocenters. The Morgan fingerprint density at radius 2 is 1.83 bits per heavy atom. The second kappa shape index (κ2) is 6.31. The average Bonchev–Trinajstić information content (AvgIpc) is 3.53. The molecule has 1 aromatic carbocycles. The van der Waals surface area contributed by atoms with Crippen molar-refractivity contribution in [3.8, 4) is 33.9 Å². The number of fused-ring (bicyclic) bond motifs is 2. The SMILES string of the molecule is Fc1c(-c2cncnc2)ccc2[nH]nc(-c3nc4c(-c5ccoc5)nccc4[nH]3)c12. The first kappa shape index (κ1) is 16.5. The van der Waals surface area contributed by atoms with E-state index in [0.717, 1.165) is 11.1 Å². The van der Waals surface area contributed by atoms with E-state index in [1.807, 2.05) is 12.1 Å². The van der Waals surface area contributed by atoms with Gasteiger partial charge in [0.15, 0.2) is 5.82 Å². The summed E-state index contributed by atoms with van der Waals surface area (Å²) in [5.74, 6) is 0.0223. The van der Waals surface area contributed by atoms with Gasteiger partial charge in [0.05, 0.1) is 28.9 Å². The van der Waals surface area contributed by atoms with Crippen LogP contribution >= 0.6 is 0 Å². The number of furan rings is 1. The molecule has 0 aliphatic rings. The number of nitrogens with one attached hydrogen (secondary N) is 2. The molecule has 0 radical (unpaired) electrons. The number of hydrogen-bond acceptors (Lipinski definition) is 6. The van der Waals surface area contributed by atoms with Crippen LogP contribution in [0.15, 0.2) is 66.1 Å². The molecule has 0 saturated heterocycles. The fraction of sp³-hybridized carbons (Fsp3) is 0. The molecular formula is C21H12FN7O. The number of benzene rings is 1. The minimum absolute atomic E-state index is 0.341. The minimum Gasteiger partial charge on any atom is -0.472 e. The number of imidazole rings is 1. The van der Waals surface area contributed by atoms with Crippen LogP contribution in [0.5, 0.6) is 0 Å². The van der Waals surface area contributed by atoms with Gasteiger partial charge in [-0.3, -0.25) is 10.1 Å². The normalized spacial score (nSPS) is 11.5. The Kier molecular flexibility index (Phi) is 3.48. The fourth-order valence-corrected chi connectivity index (χ4v) is 3.56. The maximum Gasteiger partial charge on any atom is 0.159 e. The Balaban J connectivity index is 1.57. The van der Waals surface area contributed by atoms with E-state index in [2.05, 4.69) is 35.1 Å². The predicted octanol–water partition coefficient (Wildman–Crippen LogP) is 4.36. The maximum atomic E-state index is 15.5. The van der Waals surface area contributed by atoms with E-state index >= 15 is 4.39 Å². The third-order valence-electron chi connectivity index (χ3n) is 4.96. The molecular weight excluding hydrogens is 385 g/mol. The van der Waals surface area contributed by atoms with Gasteiger partial charge in [-0.2, -0.15) is 5.10 Å². The smallest absolute Gasteiger partial charge is 0.159 e. The zero-order chi connectivity index (χ0) is 20.1. The zero-order valence-electron chi connectivity index (χ0n) is 15.3. The summed E-state index contributed by atoms with van der Waals surface area (Å²) in [6.45, 7) is 0. The van der Waals surface area contributed by atoms with Crippen LogP contribution < -0.4 is 0 Å². The van der Waals surface area contributed by atoms with Crippen molar-refractivity contribution in [1.29, 1.82) is 0 Å². The number of pyridine rings is 1. The van der Waals surface area contributed by atoms with E-state index in [4.69, 9.17) is 4.42 Å². The highest BCUT2D eigenvalue weighted by atomic mass is 19.1. The topological polar surface area (TPSA) is 109 Å². The molecule has 0 spiro atoms. The minimum atomic E-state index is -0.417. The molecule has 6 aromatic rings. The van der Waals surface area contributed by atoms with Gasteiger partial charge >= 0.3 is 0 Å². The lowest BCUT2D eigenvalue weighted by Crippen LogP contribution is -1.90. The molecule has 0 amide bonds. The van der Waals surface area contributed by atoms with Crippen molar-refractivity contribution in [2.75, 3.05) is 0 Å². The molecule has 5 heterocycles. The van der Waals surface area contributed by atoms with Gasteiger partial charge in [0, 0.05) is 35.3 Å². The van der Waals surface area contributed by atoms with Crippen LogP contribution in [0.1, 0.15) is 0 Å². The number of aromatic amines is 2. The number of rotatable bonds is 3. The number of hydrogen-bond donors (Lipinski definition) is 2. The van der Waals surface area contributed by atoms with Crippen molar-refractivity contribution in [1.82, 2.24) is 35.1 Å². The summed E-state index contributed by atoms with van der Waals surface area (Å²) in [6.07, 6.45) is 9.41. The number of aromatic nitrogens is 7. The number of H-pyrrole nitrogens is 2. The van der Waals surface area contributed by atoms with Crippen molar-refractivity contribution in [2.45, 2.75) is 0 Å². The van der Waals surface area contributed by atoms with Crippen molar-refractivity contribution in [2.24, 2.45) is 0 Å². The average molecular weight is 397 g/mol. The lowest BCUT2D eigenvalue weighted by molar-refractivity contribution is 0.568. The Morgan fingerprint density at radius 1 is 0.933 bits per heavy atom. The molecule has 30 heavy (non-hydrogen) atoms. The molecule has 2 N–H and O–H groups in total. The van der Waals surface area contributed by atoms with E-state index in [1.54, 1.807) is 43.2 Å². The molecule has 8 nitrogen and oxygen atoms in total. The first-order valence-electron chi connectivity index (χ1n) is 9.09. The highest BCUT2D eigenvalue weighted by Crippen LogP contribution is 2.34. The second-order valence-corrected chi connectivity index (χ2v) is 6.70. The highest BCUT2D eigenvalue weighted by Gasteiger charge is 2.20. The van der Waals surface area contributed by atoms with Crippen LogP contribution in [0.25, 0.3) is 55.8 Å². The van der Waals surface area contributed by atoms with Crippen LogP contribution in [-0.4, -0.2) is 35.1 Å². The molecule has 0 atom stereocenters. The van der Waals surface area contributed by atoms with Gasteiger partial charge in [0.2, 0.25) is 0 Å². The van der Waals surface area contributed by atoms with E-state index in [1.165, 1.54) is 6.33 Å². The van der Waals surface area contributed by atoms with Crippen molar-refractivity contribution in [3.05, 3.63) is 67.5 Å². The fourth-order valence-electron chi connectivity index (χ4n) is 3.56. The molecule has 0 bridgehead atoms. The molecule has 5 aromatic heterocycles. The van der Waals surface area contributed by atoms with Crippen LogP contribution in [0.4, 0.5) is 4.39 Å². The summed E-state index contributed by atoms with van der Waals surface area (Å²) in [5.41, 5.74) is 4.82. The highest BCUT2D eigenvalue weighted by molar-refractivity contribution is 5.98. The standard InChI is InChI=1S/C21H12FN7O/c22-17-13(12-7-23-10-24-8-12)1-2-14-16(17)20(29-28-14)21-26-15-3-5-25-18(19(15)27-21)11-4-6-30-9-11/h1-10H,(H,26,27)(H,28,29). The lowest BCUT2D eigenvalue weighted by Gasteiger charge is -2.04. The summed E-state index contributed by atoms with van der Waals surface area (Å²) in [5, 5.41) is 7.54. The summed E-state index contributed by atoms with van der Waals surface area (Å²) in [7, 11) is 0. The molecule has 0 fully saturated rings. The van der Waals surface area contributed by atoms with Crippen LogP contribution in [0, 0.1) is 5.82 Å². The van der Waals surface area contributed by atoms with Gasteiger partial charge < -0.3 is 9.40 Å². The quantitative estimate of drug-likeness (QED) is 0.459. The van der Waals surface area contributed by atoms with Gasteiger partial charge in [0.1, 0.15) is 29.0 Å². The Morgan fingerprint density at radius 3 is 2.67 bits per heavy atom. The maximum absolute atomic E-state index is 15.5. The Labute approximate surface area is 167 Å². The first-order chi connectivity index (χ1) is 14.8. The molecule has 6 rings (SSSR count). The van der Waals surface area contributed by atoms with Crippen molar-refractivity contribution < 1.29 is 8.81 Å². The molecule has 0 aliphatic heterocycles. The van der Waals surface area contributed by atoms with Gasteiger partial charge in [0.25, 0.3) is 0 Å². The third kappa shape index (κ3) is 2.42. The predicted molar refractivity (Wildman–Crippen MR) is 108 cm³/mol. The van der Waals surface area contributed by atoms with Gasteiger partial charge in [-0.1, -0.05) is 0 Å². The molecule has 0 aliphatic carbocycles. The van der Waals surface area contributed by atoms with Crippen LogP contribution in [0.2, 0.25) is 0 Å². The third-order valence-corrected chi connectivity index (χ3v) is 4.96. The summed E-state index contributed by atoms with van der Waals surface area (Å²) in [4.78, 5) is 20.3. The van der Waals surface area contributed by atoms with E-state index in [9.17, 15) is 0 Å². The van der Waals surface area contributed by atoms with E-state index in [-0.39, 0.29) is 0 Å². The van der Waals surface area contributed by atoms with Gasteiger partial charge in [-0.15, -0.1) is 0 Å². The molecule has 0 saturated carbocycles. The summed E-state index contributed by atoms with van der Waals surface area (Å²) in [6, 6.07) is 7.08. The summed E-state index contributed by atoms with van der Waals surface area (Å²) >= 11 is 0. The Hall–Kier alpha value is -4.40. The van der Waals surface area contributed by atoms with Gasteiger partial charge in [-0.05, 0) is 24.3 Å². The van der Waals surface area contributed by atoms with E-state index < -0.39 is 5.82 Å². The van der Waals surface area contributed by atoms with Crippen molar-refractivity contribution >= 4 is 21.9 Å². The summed E-state index contributed by atoms with van der Waals surface area (Å²) < 4.78 is 20.7. The monoisotopic (exact) mass is 397 g/mol. The first-order valence-corrected chi connectivity index (χ1v) is 9.09. The number of halogens is 1. The molecule has 144 valence electrons. The van der Waals surface area contributed by atoms with Crippen LogP contribution in [0.3, 0.4) is 0 Å². The largest absolute Gasteiger partial charge is 0.472 e. The van der Waals surface area contributed by atoms with Crippen LogP contribution in [-0.2, 0) is 0 Å². The van der Waals surface area contributed by atoms with Gasteiger partial charge in [-0.25, -0.2) is 19.3 Å². The molecule has 9 heteroatoms. The lowest BCUT2D eigenvalue weighted by atomic mass is 10.0. The Bertz CT molecular complexity index is 1500. The zero-order valence-corrected chi connectivity index (χ0v) is 15.3.